The molecule has 0 radical (unpaired) electrons. The van der Waals surface area contributed by atoms with Crippen molar-refractivity contribution < 1.29 is 23.5 Å². The van der Waals surface area contributed by atoms with E-state index in [1.54, 1.807) is 12.1 Å². The topological polar surface area (TPSA) is 70.8 Å². The number of ether oxygens (including phenoxy) is 3. The molecular weight excluding hydrogens is 330 g/mol. The van der Waals surface area contributed by atoms with Crippen molar-refractivity contribution in [3.63, 3.8) is 0 Å². The summed E-state index contributed by atoms with van der Waals surface area (Å²) in [6, 6.07) is 3.39. The van der Waals surface area contributed by atoms with Gasteiger partial charge in [-0.05, 0) is 28.1 Å². The Morgan fingerprint density at radius 2 is 1.75 bits per heavy atom. The summed E-state index contributed by atoms with van der Waals surface area (Å²) in [6.45, 7) is 0. The van der Waals surface area contributed by atoms with E-state index >= 15 is 0 Å². The van der Waals surface area contributed by atoms with Crippen molar-refractivity contribution in [2.75, 3.05) is 21.3 Å². The van der Waals surface area contributed by atoms with E-state index in [2.05, 4.69) is 21.1 Å². The average molecular weight is 342 g/mol. The summed E-state index contributed by atoms with van der Waals surface area (Å²) in [6.07, 6.45) is 0.666. The molecule has 0 bridgehead atoms. The van der Waals surface area contributed by atoms with Crippen molar-refractivity contribution in [1.29, 1.82) is 0 Å². The Kier molecular flexibility index (Phi) is 4.29. The molecule has 0 saturated carbocycles. The van der Waals surface area contributed by atoms with Gasteiger partial charge in [-0.1, -0.05) is 5.16 Å². The molecule has 1 aromatic heterocycles. The first kappa shape index (κ1) is 14.4. The Bertz CT molecular complexity index is 613. The molecule has 20 heavy (non-hydrogen) atoms. The maximum Gasteiger partial charge on any atom is 0.213 e. The third-order valence-corrected chi connectivity index (χ3v) is 3.31. The number of halogens is 1. The normalized spacial score (nSPS) is 10.2. The van der Waals surface area contributed by atoms with Gasteiger partial charge in [0.25, 0.3) is 0 Å². The molecule has 0 N–H and O–H groups in total. The zero-order valence-electron chi connectivity index (χ0n) is 11.1. The molecule has 7 heteroatoms. The predicted octanol–water partition coefficient (Wildman–Crippen LogP) is 2.94. The number of carbonyl (C=O) groups excluding carboxylic acids is 1. The van der Waals surface area contributed by atoms with Gasteiger partial charge in [0.2, 0.25) is 10.4 Å². The number of benzene rings is 1. The molecule has 0 aliphatic rings. The van der Waals surface area contributed by atoms with Crippen LogP contribution in [-0.2, 0) is 0 Å². The van der Waals surface area contributed by atoms with Crippen LogP contribution in [0, 0.1) is 0 Å². The number of hydrogen-bond acceptors (Lipinski definition) is 6. The predicted molar refractivity (Wildman–Crippen MR) is 74.7 cm³/mol. The van der Waals surface area contributed by atoms with Crippen LogP contribution in [0.4, 0.5) is 0 Å². The number of aromatic nitrogens is 1. The van der Waals surface area contributed by atoms with Crippen molar-refractivity contribution >= 4 is 22.2 Å². The fraction of sp³-hybridized carbons (Fsp3) is 0.231. The Labute approximate surface area is 123 Å². The quantitative estimate of drug-likeness (QED) is 0.778. The van der Waals surface area contributed by atoms with Crippen LogP contribution in [0.3, 0.4) is 0 Å². The summed E-state index contributed by atoms with van der Waals surface area (Å²) in [4.78, 5) is 11.1. The SMILES string of the molecule is COc1cc(-c2noc(Br)c2C=O)cc(OC)c1OC. The van der Waals surface area contributed by atoms with Crippen LogP contribution in [0.15, 0.2) is 21.3 Å². The Hall–Kier alpha value is -2.02. The fourth-order valence-electron chi connectivity index (χ4n) is 1.81. The highest BCUT2D eigenvalue weighted by molar-refractivity contribution is 9.10. The van der Waals surface area contributed by atoms with Crippen LogP contribution in [0.2, 0.25) is 0 Å². The van der Waals surface area contributed by atoms with Crippen LogP contribution >= 0.6 is 15.9 Å². The molecule has 0 atom stereocenters. The fourth-order valence-corrected chi connectivity index (χ4v) is 2.16. The molecule has 0 amide bonds. The molecular formula is C13H12BrNO5. The highest BCUT2D eigenvalue weighted by Crippen LogP contribution is 2.42. The second kappa shape index (κ2) is 5.96. The van der Waals surface area contributed by atoms with Gasteiger partial charge in [0.15, 0.2) is 17.8 Å². The molecule has 1 heterocycles. The van der Waals surface area contributed by atoms with Gasteiger partial charge in [0, 0.05) is 5.56 Å². The largest absolute Gasteiger partial charge is 0.493 e. The third-order valence-electron chi connectivity index (χ3n) is 2.74. The highest BCUT2D eigenvalue weighted by Gasteiger charge is 2.20. The highest BCUT2D eigenvalue weighted by atomic mass is 79.9. The van der Waals surface area contributed by atoms with Crippen molar-refractivity contribution in [2.45, 2.75) is 0 Å². The third kappa shape index (κ3) is 2.36. The average Bonchev–Trinajstić information content (AvgIpc) is 2.86. The van der Waals surface area contributed by atoms with E-state index in [-0.39, 0.29) is 4.67 Å². The molecule has 2 aromatic rings. The van der Waals surface area contributed by atoms with Gasteiger partial charge in [-0.25, -0.2) is 0 Å². The summed E-state index contributed by atoms with van der Waals surface area (Å²) in [5.74, 6) is 1.41. The second-order valence-electron chi connectivity index (χ2n) is 3.75. The molecule has 0 aliphatic carbocycles. The first-order valence-corrected chi connectivity index (χ1v) is 6.36. The van der Waals surface area contributed by atoms with E-state index in [1.807, 2.05) is 0 Å². The van der Waals surface area contributed by atoms with Gasteiger partial charge in [0.1, 0.15) is 5.69 Å². The van der Waals surface area contributed by atoms with Crippen molar-refractivity contribution in [1.82, 2.24) is 5.16 Å². The zero-order chi connectivity index (χ0) is 14.7. The molecule has 0 aliphatic heterocycles. The monoisotopic (exact) mass is 341 g/mol. The molecule has 0 saturated heterocycles. The summed E-state index contributed by atoms with van der Waals surface area (Å²) in [5.41, 5.74) is 1.33. The van der Waals surface area contributed by atoms with Crippen LogP contribution in [0.1, 0.15) is 10.4 Å². The van der Waals surface area contributed by atoms with Crippen molar-refractivity contribution in [3.05, 3.63) is 22.4 Å². The van der Waals surface area contributed by atoms with Gasteiger partial charge < -0.3 is 18.7 Å². The molecule has 6 nitrogen and oxygen atoms in total. The molecule has 106 valence electrons. The van der Waals surface area contributed by atoms with E-state index < -0.39 is 0 Å². The van der Waals surface area contributed by atoms with E-state index in [1.165, 1.54) is 21.3 Å². The number of hydrogen-bond donors (Lipinski definition) is 0. The Morgan fingerprint density at radius 3 is 2.20 bits per heavy atom. The first-order chi connectivity index (χ1) is 9.65. The van der Waals surface area contributed by atoms with Gasteiger partial charge in [-0.2, -0.15) is 0 Å². The minimum absolute atomic E-state index is 0.274. The number of carbonyl (C=O) groups is 1. The van der Waals surface area contributed by atoms with Crippen LogP contribution in [0.5, 0.6) is 17.2 Å². The second-order valence-corrected chi connectivity index (χ2v) is 4.47. The van der Waals surface area contributed by atoms with E-state index in [4.69, 9.17) is 18.7 Å². The molecule has 0 spiro atoms. The number of methoxy groups -OCH3 is 3. The van der Waals surface area contributed by atoms with E-state index in [9.17, 15) is 4.79 Å². The Morgan fingerprint density at radius 1 is 1.15 bits per heavy atom. The minimum atomic E-state index is 0.274. The van der Waals surface area contributed by atoms with Gasteiger partial charge >= 0.3 is 0 Å². The number of aldehydes is 1. The van der Waals surface area contributed by atoms with Crippen LogP contribution in [-0.4, -0.2) is 32.8 Å². The Balaban J connectivity index is 2.65. The maximum atomic E-state index is 11.1. The lowest BCUT2D eigenvalue weighted by atomic mass is 10.1. The summed E-state index contributed by atoms with van der Waals surface area (Å²) in [5, 5.41) is 3.86. The minimum Gasteiger partial charge on any atom is -0.493 e. The number of nitrogens with zero attached hydrogens (tertiary/aromatic N) is 1. The maximum absolute atomic E-state index is 11.1. The standard InChI is InChI=1S/C13H12BrNO5/c1-17-9-4-7(5-10(18-2)12(9)19-3)11-8(6-16)13(14)20-15-11/h4-6H,1-3H3. The smallest absolute Gasteiger partial charge is 0.213 e. The lowest BCUT2D eigenvalue weighted by Crippen LogP contribution is -1.96. The first-order valence-electron chi connectivity index (χ1n) is 5.57. The van der Waals surface area contributed by atoms with Crippen LogP contribution < -0.4 is 14.2 Å². The molecule has 2 rings (SSSR count). The van der Waals surface area contributed by atoms with Crippen molar-refractivity contribution in [3.8, 4) is 28.5 Å². The lowest BCUT2D eigenvalue weighted by Gasteiger charge is -2.13. The van der Waals surface area contributed by atoms with Gasteiger partial charge in [-0.15, -0.1) is 0 Å². The molecule has 1 aromatic carbocycles. The van der Waals surface area contributed by atoms with E-state index in [0.717, 1.165) is 0 Å². The van der Waals surface area contributed by atoms with Gasteiger partial charge in [0.05, 0.1) is 26.9 Å². The van der Waals surface area contributed by atoms with E-state index in [0.29, 0.717) is 40.4 Å². The summed E-state index contributed by atoms with van der Waals surface area (Å²) in [7, 11) is 4.55. The lowest BCUT2D eigenvalue weighted by molar-refractivity contribution is 0.112. The molecule has 0 unspecified atom stereocenters. The number of rotatable bonds is 5. The molecule has 0 fully saturated rings. The summed E-state index contributed by atoms with van der Waals surface area (Å²) >= 11 is 3.13. The van der Waals surface area contributed by atoms with Crippen LogP contribution in [0.25, 0.3) is 11.3 Å². The van der Waals surface area contributed by atoms with Crippen molar-refractivity contribution in [2.24, 2.45) is 0 Å². The van der Waals surface area contributed by atoms with Gasteiger partial charge in [-0.3, -0.25) is 4.79 Å². The zero-order valence-corrected chi connectivity index (χ0v) is 12.7. The summed E-state index contributed by atoms with van der Waals surface area (Å²) < 4.78 is 21.0.